The lowest BCUT2D eigenvalue weighted by Gasteiger charge is -2.44. The Kier molecular flexibility index (Phi) is 2.06. The fraction of sp³-hybridized carbons (Fsp3) is 0.417. The molecule has 1 heterocycles. The highest BCUT2D eigenvalue weighted by molar-refractivity contribution is 5.83. The zero-order valence-electron chi connectivity index (χ0n) is 8.49. The van der Waals surface area contributed by atoms with E-state index in [1.54, 1.807) is 0 Å². The van der Waals surface area contributed by atoms with Crippen LogP contribution in [-0.4, -0.2) is 5.97 Å². The first-order valence-corrected chi connectivity index (χ1v) is 4.94. The van der Waals surface area contributed by atoms with Gasteiger partial charge < -0.3 is 4.74 Å². The third-order valence-corrected chi connectivity index (χ3v) is 3.11. The van der Waals surface area contributed by atoms with Crippen LogP contribution in [0, 0.1) is 5.41 Å². The smallest absolute Gasteiger partial charge is 0.316 e. The number of cyclic esters (lactones) is 1. The van der Waals surface area contributed by atoms with Crippen molar-refractivity contribution in [2.24, 2.45) is 5.41 Å². The predicted molar refractivity (Wildman–Crippen MR) is 53.7 cm³/mol. The maximum absolute atomic E-state index is 11.3. The van der Waals surface area contributed by atoms with Crippen LogP contribution in [0.5, 0.6) is 0 Å². The number of esters is 1. The molecule has 74 valence electrons. The summed E-state index contributed by atoms with van der Waals surface area (Å²) in [5, 5.41) is 0. The van der Waals surface area contributed by atoms with E-state index >= 15 is 0 Å². The van der Waals surface area contributed by atoms with Crippen LogP contribution in [0.3, 0.4) is 0 Å². The van der Waals surface area contributed by atoms with Crippen LogP contribution in [0.4, 0.5) is 0 Å². The quantitative estimate of drug-likeness (QED) is 0.670. The summed E-state index contributed by atoms with van der Waals surface area (Å²) in [5.41, 5.74) is 0.776. The summed E-state index contributed by atoms with van der Waals surface area (Å²) in [7, 11) is 0. The van der Waals surface area contributed by atoms with E-state index in [0.29, 0.717) is 0 Å². The first kappa shape index (κ1) is 9.25. The zero-order valence-corrected chi connectivity index (χ0v) is 8.49. The molecular weight excluding hydrogens is 176 g/mol. The summed E-state index contributed by atoms with van der Waals surface area (Å²) in [4.78, 5) is 11.3. The van der Waals surface area contributed by atoms with Crippen LogP contribution in [0.2, 0.25) is 0 Å². The molecule has 0 bridgehead atoms. The first-order valence-electron chi connectivity index (χ1n) is 4.94. The van der Waals surface area contributed by atoms with Gasteiger partial charge in [-0.05, 0) is 18.9 Å². The Morgan fingerprint density at radius 3 is 2.50 bits per heavy atom. The minimum atomic E-state index is -0.318. The van der Waals surface area contributed by atoms with E-state index in [1.807, 2.05) is 44.2 Å². The molecule has 2 nitrogen and oxygen atoms in total. The molecule has 1 aliphatic heterocycles. The Bertz CT molecular complexity index is 345. The molecule has 0 radical (unpaired) electrons. The third kappa shape index (κ3) is 1.14. The number of carbonyl (C=O) groups is 1. The van der Waals surface area contributed by atoms with E-state index in [1.165, 1.54) is 0 Å². The maximum atomic E-state index is 11.3. The topological polar surface area (TPSA) is 26.3 Å². The Morgan fingerprint density at radius 2 is 2.00 bits per heavy atom. The number of carbonyl (C=O) groups excluding carboxylic acids is 1. The Hall–Kier alpha value is -1.31. The second-order valence-electron chi connectivity index (χ2n) is 3.97. The van der Waals surface area contributed by atoms with E-state index in [0.717, 1.165) is 12.0 Å². The van der Waals surface area contributed by atoms with E-state index in [-0.39, 0.29) is 17.5 Å². The summed E-state index contributed by atoms with van der Waals surface area (Å²) >= 11 is 0. The fourth-order valence-electron chi connectivity index (χ4n) is 1.81. The molecular formula is C12H14O2. The van der Waals surface area contributed by atoms with E-state index in [2.05, 4.69) is 0 Å². The van der Waals surface area contributed by atoms with Crippen molar-refractivity contribution in [3.63, 3.8) is 0 Å². The summed E-state index contributed by atoms with van der Waals surface area (Å²) in [6.07, 6.45) is 0.770. The van der Waals surface area contributed by atoms with Crippen LogP contribution >= 0.6 is 0 Å². The van der Waals surface area contributed by atoms with Gasteiger partial charge in [-0.15, -0.1) is 0 Å². The van der Waals surface area contributed by atoms with E-state index in [4.69, 9.17) is 4.74 Å². The van der Waals surface area contributed by atoms with Crippen molar-refractivity contribution in [1.29, 1.82) is 0 Å². The fourth-order valence-corrected chi connectivity index (χ4v) is 1.81. The normalized spacial score (nSPS) is 30.7. The minimum Gasteiger partial charge on any atom is -0.456 e. The molecule has 0 amide bonds. The maximum Gasteiger partial charge on any atom is 0.316 e. The molecule has 2 unspecified atom stereocenters. The Balaban J connectivity index is 2.27. The largest absolute Gasteiger partial charge is 0.456 e. The molecule has 0 aliphatic carbocycles. The molecule has 1 aromatic carbocycles. The second-order valence-corrected chi connectivity index (χ2v) is 3.97. The van der Waals surface area contributed by atoms with Gasteiger partial charge in [0.25, 0.3) is 0 Å². The predicted octanol–water partition coefficient (Wildman–Crippen LogP) is 2.70. The number of hydrogen-bond donors (Lipinski definition) is 0. The van der Waals surface area contributed by atoms with Gasteiger partial charge in [0.05, 0.1) is 0 Å². The molecule has 2 heteroatoms. The molecule has 1 fully saturated rings. The van der Waals surface area contributed by atoms with Crippen LogP contribution in [0.25, 0.3) is 0 Å². The highest BCUT2D eigenvalue weighted by Crippen LogP contribution is 2.49. The number of ether oxygens (including phenoxy) is 1. The first-order chi connectivity index (χ1) is 6.68. The van der Waals surface area contributed by atoms with Crippen LogP contribution in [-0.2, 0) is 9.53 Å². The van der Waals surface area contributed by atoms with Gasteiger partial charge >= 0.3 is 5.97 Å². The lowest BCUT2D eigenvalue weighted by atomic mass is 9.74. The summed E-state index contributed by atoms with van der Waals surface area (Å²) in [6, 6.07) is 9.92. The SMILES string of the molecule is CCC1(C)C(=O)OC1c1ccccc1. The Labute approximate surface area is 83.9 Å². The minimum absolute atomic E-state index is 0.0544. The molecule has 1 aromatic rings. The number of benzene rings is 1. The third-order valence-electron chi connectivity index (χ3n) is 3.11. The van der Waals surface area contributed by atoms with Crippen LogP contribution in [0.15, 0.2) is 30.3 Å². The molecule has 0 spiro atoms. The standard InChI is InChI=1S/C12H14O2/c1-3-12(2)10(14-11(12)13)9-7-5-4-6-8-9/h4-8,10H,3H2,1-2H3. The monoisotopic (exact) mass is 190 g/mol. The molecule has 0 saturated carbocycles. The van der Waals surface area contributed by atoms with Gasteiger partial charge in [-0.2, -0.15) is 0 Å². The van der Waals surface area contributed by atoms with Crippen LogP contribution in [0.1, 0.15) is 31.9 Å². The van der Waals surface area contributed by atoms with Crippen molar-refractivity contribution in [2.45, 2.75) is 26.4 Å². The van der Waals surface area contributed by atoms with Gasteiger partial charge in [0, 0.05) is 0 Å². The summed E-state index contributed by atoms with van der Waals surface area (Å²) in [5.74, 6) is -0.0751. The number of hydrogen-bond acceptors (Lipinski definition) is 2. The zero-order chi connectivity index (χ0) is 10.2. The Morgan fingerprint density at radius 1 is 1.36 bits per heavy atom. The van der Waals surface area contributed by atoms with E-state index in [9.17, 15) is 4.79 Å². The molecule has 1 saturated heterocycles. The van der Waals surface area contributed by atoms with Gasteiger partial charge in [-0.3, -0.25) is 4.79 Å². The molecule has 1 aliphatic rings. The van der Waals surface area contributed by atoms with Crippen molar-refractivity contribution >= 4 is 5.97 Å². The van der Waals surface area contributed by atoms with Crippen molar-refractivity contribution < 1.29 is 9.53 Å². The lowest BCUT2D eigenvalue weighted by Crippen LogP contribution is -2.48. The average Bonchev–Trinajstić information content (AvgIpc) is 2.25. The highest BCUT2D eigenvalue weighted by Gasteiger charge is 2.53. The summed E-state index contributed by atoms with van der Waals surface area (Å²) < 4.78 is 5.19. The molecule has 14 heavy (non-hydrogen) atoms. The average molecular weight is 190 g/mol. The van der Waals surface area contributed by atoms with Gasteiger partial charge in [-0.25, -0.2) is 0 Å². The highest BCUT2D eigenvalue weighted by atomic mass is 16.6. The van der Waals surface area contributed by atoms with Gasteiger partial charge in [0.15, 0.2) is 0 Å². The molecule has 0 aromatic heterocycles. The van der Waals surface area contributed by atoms with Gasteiger partial charge in [0.2, 0.25) is 0 Å². The van der Waals surface area contributed by atoms with Crippen molar-refractivity contribution in [1.82, 2.24) is 0 Å². The lowest BCUT2D eigenvalue weighted by molar-refractivity contribution is -0.206. The summed E-state index contributed by atoms with van der Waals surface area (Å²) in [6.45, 7) is 3.99. The molecule has 2 atom stereocenters. The molecule has 2 rings (SSSR count). The van der Waals surface area contributed by atoms with Crippen molar-refractivity contribution in [3.8, 4) is 0 Å². The van der Waals surface area contributed by atoms with Crippen LogP contribution < -0.4 is 0 Å². The molecule has 0 N–H and O–H groups in total. The van der Waals surface area contributed by atoms with E-state index < -0.39 is 0 Å². The van der Waals surface area contributed by atoms with Crippen molar-refractivity contribution in [2.75, 3.05) is 0 Å². The van der Waals surface area contributed by atoms with Gasteiger partial charge in [-0.1, -0.05) is 37.3 Å². The van der Waals surface area contributed by atoms with Gasteiger partial charge in [0.1, 0.15) is 11.5 Å². The van der Waals surface area contributed by atoms with Crippen molar-refractivity contribution in [3.05, 3.63) is 35.9 Å². The second kappa shape index (κ2) is 3.12. The number of rotatable bonds is 2.